The van der Waals surface area contributed by atoms with Crippen LogP contribution in [0.3, 0.4) is 0 Å². The molecular formula is C2H42B36. The van der Waals surface area contributed by atoms with Crippen molar-refractivity contribution in [3.63, 3.8) is 0 Å². The average molecular weight is 456 g/mol. The second kappa shape index (κ2) is 18.9. The summed E-state index contributed by atoms with van der Waals surface area (Å²) in [6.45, 7) is 6.91. The van der Waals surface area contributed by atoms with Gasteiger partial charge >= 0.3 is 0 Å². The van der Waals surface area contributed by atoms with Crippen molar-refractivity contribution in [2.24, 2.45) is 0 Å². The third-order valence-corrected chi connectivity index (χ3v) is 11.5. The zero-order chi connectivity index (χ0) is 30.2. The predicted octanol–water partition coefficient (Wildman–Crippen LogP) is -22.2. The van der Waals surface area contributed by atoms with Crippen LogP contribution in [0.2, 0.25) is 13.6 Å². The van der Waals surface area contributed by atoms with E-state index in [2.05, 4.69) is 145 Å². The molecule has 0 spiro atoms. The maximum Gasteiger partial charge on any atom is 0.0594 e. The molecule has 0 heterocycles. The Morgan fingerprint density at radius 1 is 0.342 bits per heavy atom. The number of hydrogen-bond acceptors (Lipinski definition) is 0. The molecule has 0 saturated carbocycles. The Morgan fingerprint density at radius 2 is 0.658 bits per heavy atom. The van der Waals surface area contributed by atoms with Crippen LogP contribution in [0.25, 0.3) is 0 Å². The Bertz CT molecular complexity index is 588. The van der Waals surface area contributed by atoms with E-state index in [1.807, 2.05) is 0 Å². The van der Waals surface area contributed by atoms with E-state index in [9.17, 15) is 0 Å². The minimum absolute atomic E-state index is 0.709. The monoisotopic (exact) mass is 463 g/mol. The minimum atomic E-state index is 0.709. The molecule has 0 unspecified atom stereocenters. The summed E-state index contributed by atoms with van der Waals surface area (Å²) in [5, 5.41) is 0. The summed E-state index contributed by atoms with van der Waals surface area (Å²) in [5.74, 6) is 0. The molecule has 0 aromatic rings. The van der Waals surface area contributed by atoms with Crippen LogP contribution in [-0.2, 0) is 0 Å². The van der Waals surface area contributed by atoms with E-state index in [-0.39, 0.29) is 0 Å². The van der Waals surface area contributed by atoms with Crippen LogP contribution in [-0.4, -0.2) is 254 Å². The van der Waals surface area contributed by atoms with Gasteiger partial charge in [0.1, 0.15) is 0 Å². The molecule has 0 atom stereocenters. The highest BCUT2D eigenvalue weighted by Gasteiger charge is 2.54. The van der Waals surface area contributed by atoms with E-state index < -0.39 is 0 Å². The summed E-state index contributed by atoms with van der Waals surface area (Å²) in [5.41, 5.74) is 0. The zero-order valence-electron chi connectivity index (χ0n) is 30.2. The highest BCUT2D eigenvalue weighted by atomic mass is 13.4. The van der Waals surface area contributed by atoms with Crippen molar-refractivity contribution in [3.05, 3.63) is 0 Å². The van der Waals surface area contributed by atoms with E-state index in [4.69, 9.17) is 0 Å². The van der Waals surface area contributed by atoms with Gasteiger partial charge in [0, 0.05) is 123 Å². The van der Waals surface area contributed by atoms with Crippen molar-refractivity contribution in [2.45, 2.75) is 13.6 Å². The summed E-state index contributed by atoms with van der Waals surface area (Å²) in [7, 11) is 45.5. The molecule has 0 aromatic carbocycles. The van der Waals surface area contributed by atoms with E-state index in [0.29, 0.717) is 6.39 Å². The fourth-order valence-electron chi connectivity index (χ4n) is 10.4. The summed E-state index contributed by atoms with van der Waals surface area (Å²) in [4.78, 5) is 0. The molecule has 0 rings (SSSR count). The molecule has 0 aliphatic heterocycles. The molecule has 0 aliphatic carbocycles. The van der Waals surface area contributed by atoms with Crippen LogP contribution >= 0.6 is 0 Å². The number of hydrogen-bond donors (Lipinski definition) is 0. The molecule has 0 saturated heterocycles. The standard InChI is InChI=1S/C2H42B36/c1-22(34(25(7)8)32(21-4)24(5)6)33(38(30(17)18)37(28(13)14)29(15)16)23(2)35(31(19)20-3)36(26(9)10)27(11)12/h20-21H,3-19H2,1-2H3. The summed E-state index contributed by atoms with van der Waals surface area (Å²) in [6.07, 6.45) is 11.3. The van der Waals surface area contributed by atoms with Crippen molar-refractivity contribution < 1.29 is 0 Å². The van der Waals surface area contributed by atoms with E-state index in [1.165, 1.54) is 14.1 Å². The topological polar surface area (TPSA) is 0 Å². The van der Waals surface area contributed by atoms with Gasteiger partial charge in [-0.25, -0.2) is 0 Å². The molecule has 36 heteroatoms. The molecule has 0 aromatic heterocycles. The lowest BCUT2D eigenvalue weighted by Gasteiger charge is -2.48. The highest BCUT2D eigenvalue weighted by molar-refractivity contribution is 8.23. The van der Waals surface area contributed by atoms with Crippen molar-refractivity contribution in [3.8, 4) is 0 Å². The van der Waals surface area contributed by atoms with Crippen LogP contribution < -0.4 is 0 Å². The normalized spacial score (nSPS) is 9.53. The molecule has 38 heavy (non-hydrogen) atoms. The van der Waals surface area contributed by atoms with Crippen LogP contribution in [0.15, 0.2) is 0 Å². The van der Waals surface area contributed by atoms with E-state index >= 15 is 0 Å². The van der Waals surface area contributed by atoms with E-state index in [0.717, 1.165) is 102 Å². The van der Waals surface area contributed by atoms with Crippen LogP contribution in [0, 0.1) is 0 Å². The van der Waals surface area contributed by atoms with Crippen molar-refractivity contribution in [1.82, 2.24) is 0 Å². The van der Waals surface area contributed by atoms with Crippen molar-refractivity contribution >= 4 is 254 Å². The van der Waals surface area contributed by atoms with E-state index in [1.54, 1.807) is 0 Å². The Labute approximate surface area is 266 Å². The Morgan fingerprint density at radius 3 is 0.921 bits per heavy atom. The van der Waals surface area contributed by atoms with Crippen LogP contribution in [0.4, 0.5) is 0 Å². The Hall–Kier alpha value is 2.34. The minimum Gasteiger partial charge on any atom is -0.101 e. The van der Waals surface area contributed by atoms with Crippen molar-refractivity contribution in [1.29, 1.82) is 0 Å². The molecule has 0 amide bonds. The molecule has 0 fully saturated rings. The Kier molecular flexibility index (Phi) is 20.0. The third-order valence-electron chi connectivity index (χ3n) is 11.5. The predicted molar refractivity (Wildman–Crippen MR) is 269 cm³/mol. The first-order valence-corrected chi connectivity index (χ1v) is 17.4. The van der Waals surface area contributed by atoms with Crippen LogP contribution in [0.5, 0.6) is 0 Å². The lowest BCUT2D eigenvalue weighted by atomic mass is 8.34. The molecule has 0 aliphatic rings. The molecule has 0 N–H and O–H groups in total. The molecule has 158 valence electrons. The van der Waals surface area contributed by atoms with Crippen LogP contribution in [0.1, 0.15) is 0 Å². The highest BCUT2D eigenvalue weighted by Crippen LogP contribution is 2.16. The van der Waals surface area contributed by atoms with Gasteiger partial charge in [0.05, 0.1) is 132 Å². The van der Waals surface area contributed by atoms with Gasteiger partial charge in [-0.3, -0.25) is 0 Å². The first-order valence-electron chi connectivity index (χ1n) is 17.4. The first-order chi connectivity index (χ1) is 17.4. The maximum absolute atomic E-state index is 2.73. The third kappa shape index (κ3) is 10.8. The van der Waals surface area contributed by atoms with Gasteiger partial charge in [-0.15, -0.1) is 13.6 Å². The maximum atomic E-state index is 2.73. The average Bonchev–Trinajstić information content (AvgIpc) is 2.77. The van der Waals surface area contributed by atoms with Gasteiger partial charge in [0.2, 0.25) is 0 Å². The van der Waals surface area contributed by atoms with Gasteiger partial charge < -0.3 is 0 Å². The zero-order valence-corrected chi connectivity index (χ0v) is 30.2. The second-order valence-corrected chi connectivity index (χ2v) is 16.3. The van der Waals surface area contributed by atoms with Gasteiger partial charge in [0.25, 0.3) is 0 Å². The Balaban J connectivity index is 7.42. The summed E-state index contributed by atoms with van der Waals surface area (Å²) in [6, 6.07) is 0. The lowest BCUT2D eigenvalue weighted by molar-refractivity contribution is 2.29. The second-order valence-electron chi connectivity index (χ2n) is 16.3. The van der Waals surface area contributed by atoms with Gasteiger partial charge in [-0.05, 0) is 0 Å². The van der Waals surface area contributed by atoms with Crippen molar-refractivity contribution in [2.75, 3.05) is 0 Å². The lowest BCUT2D eigenvalue weighted by Crippen LogP contribution is -2.86. The molecule has 0 radical (unpaired) electrons. The first kappa shape index (κ1) is 40.3. The summed E-state index contributed by atoms with van der Waals surface area (Å²) < 4.78 is 0. The largest absolute Gasteiger partial charge is 0.101 e. The fourth-order valence-corrected chi connectivity index (χ4v) is 10.4. The molecule has 0 bridgehead atoms. The van der Waals surface area contributed by atoms with Gasteiger partial charge in [0.15, 0.2) is 0 Å². The summed E-state index contributed by atoms with van der Waals surface area (Å²) >= 11 is 0. The number of rotatable bonds is 18. The quantitative estimate of drug-likeness (QED) is 0.180. The van der Waals surface area contributed by atoms with Gasteiger partial charge in [-0.1, -0.05) is 0 Å². The smallest absolute Gasteiger partial charge is 0.0594 e. The molecule has 0 nitrogen and oxygen atoms in total. The molecular weight excluding hydrogens is 413 g/mol. The fraction of sp³-hybridized carbons (Fsp3) is 1.00. The SMILES string of the molecule is BBB(B)B(B(C)B(B(C)B(B(B)B)B(BB)B(B)B)B(B(B)B)B(B(B)B)B(B)B)B(B(B)B)B(B)B. The van der Waals surface area contributed by atoms with Gasteiger partial charge in [-0.2, -0.15) is 0 Å².